The molecule has 1 heterocycles. The summed E-state index contributed by atoms with van der Waals surface area (Å²) in [6.45, 7) is 5.27. The van der Waals surface area contributed by atoms with Gasteiger partial charge in [0.15, 0.2) is 0 Å². The third-order valence-corrected chi connectivity index (χ3v) is 3.78. The van der Waals surface area contributed by atoms with Crippen molar-refractivity contribution in [3.63, 3.8) is 0 Å². The zero-order valence-electron chi connectivity index (χ0n) is 11.3. The maximum absolute atomic E-state index is 13.1. The second-order valence-electron chi connectivity index (χ2n) is 5.51. The summed E-state index contributed by atoms with van der Waals surface area (Å²) in [5.74, 6) is 0.582. The van der Waals surface area contributed by atoms with Crippen molar-refractivity contribution < 1.29 is 4.39 Å². The van der Waals surface area contributed by atoms with Crippen molar-refractivity contribution in [2.75, 3.05) is 20.1 Å². The van der Waals surface area contributed by atoms with E-state index < -0.39 is 0 Å². The number of rotatable bonds is 4. The number of piperidine rings is 1. The molecule has 0 saturated carbocycles. The molecule has 0 amide bonds. The molecule has 100 valence electrons. The van der Waals surface area contributed by atoms with Crippen LogP contribution in [0.3, 0.4) is 0 Å². The highest BCUT2D eigenvalue weighted by molar-refractivity contribution is 5.16. The minimum Gasteiger partial charge on any atom is -0.312 e. The average molecular weight is 250 g/mol. The van der Waals surface area contributed by atoms with E-state index in [0.717, 1.165) is 31.1 Å². The van der Waals surface area contributed by atoms with Gasteiger partial charge < -0.3 is 10.2 Å². The molecule has 1 aliphatic rings. The summed E-state index contributed by atoms with van der Waals surface area (Å²) in [5.41, 5.74) is 1.04. The van der Waals surface area contributed by atoms with E-state index in [1.807, 2.05) is 6.07 Å². The minimum absolute atomic E-state index is 0.148. The Morgan fingerprint density at radius 1 is 1.44 bits per heavy atom. The predicted octanol–water partition coefficient (Wildman–Crippen LogP) is 2.65. The van der Waals surface area contributed by atoms with Crippen LogP contribution in [0, 0.1) is 11.7 Å². The van der Waals surface area contributed by atoms with Gasteiger partial charge in [-0.3, -0.25) is 0 Å². The van der Waals surface area contributed by atoms with Crippen molar-refractivity contribution in [3.05, 3.63) is 35.6 Å². The monoisotopic (exact) mass is 250 g/mol. The first-order valence-corrected chi connectivity index (χ1v) is 6.81. The second-order valence-corrected chi connectivity index (χ2v) is 5.51. The number of hydrogen-bond acceptors (Lipinski definition) is 2. The summed E-state index contributed by atoms with van der Waals surface area (Å²) in [6.07, 6.45) is 2.59. The second kappa shape index (κ2) is 6.30. The lowest BCUT2D eigenvalue weighted by molar-refractivity contribution is 0.212. The fourth-order valence-corrected chi connectivity index (χ4v) is 2.71. The number of nitrogens with one attached hydrogen (secondary N) is 1. The van der Waals surface area contributed by atoms with Crippen molar-refractivity contribution in [2.24, 2.45) is 5.92 Å². The van der Waals surface area contributed by atoms with E-state index in [4.69, 9.17) is 0 Å². The molecule has 0 radical (unpaired) electrons. The van der Waals surface area contributed by atoms with Gasteiger partial charge in [0, 0.05) is 19.1 Å². The predicted molar refractivity (Wildman–Crippen MR) is 72.9 cm³/mol. The molecular weight excluding hydrogens is 227 g/mol. The van der Waals surface area contributed by atoms with Gasteiger partial charge >= 0.3 is 0 Å². The molecule has 2 nitrogen and oxygen atoms in total. The van der Waals surface area contributed by atoms with Gasteiger partial charge in [-0.15, -0.1) is 0 Å². The van der Waals surface area contributed by atoms with Gasteiger partial charge in [0.1, 0.15) is 5.82 Å². The van der Waals surface area contributed by atoms with Crippen molar-refractivity contribution >= 4 is 0 Å². The van der Waals surface area contributed by atoms with E-state index in [1.54, 1.807) is 12.1 Å². The fraction of sp³-hybridized carbons (Fsp3) is 0.600. The van der Waals surface area contributed by atoms with Crippen LogP contribution in [0.4, 0.5) is 4.39 Å². The Morgan fingerprint density at radius 2 is 2.28 bits per heavy atom. The Balaban J connectivity index is 1.86. The number of halogens is 1. The highest BCUT2D eigenvalue weighted by atomic mass is 19.1. The Bertz CT molecular complexity index is 381. The van der Waals surface area contributed by atoms with E-state index in [1.165, 1.54) is 18.9 Å². The number of likely N-dealkylation sites (N-methyl/N-ethyl adjacent to an activating group) is 1. The first kappa shape index (κ1) is 13.5. The van der Waals surface area contributed by atoms with Crippen LogP contribution in [0.25, 0.3) is 0 Å². The molecule has 0 aromatic heterocycles. The van der Waals surface area contributed by atoms with Crippen LogP contribution in [0.1, 0.15) is 25.3 Å². The Morgan fingerprint density at radius 3 is 3.00 bits per heavy atom. The summed E-state index contributed by atoms with van der Waals surface area (Å²) < 4.78 is 13.1. The van der Waals surface area contributed by atoms with Crippen molar-refractivity contribution in [1.82, 2.24) is 10.2 Å². The van der Waals surface area contributed by atoms with Gasteiger partial charge in [-0.05, 0) is 50.0 Å². The summed E-state index contributed by atoms with van der Waals surface area (Å²) in [4.78, 5) is 2.27. The minimum atomic E-state index is -0.148. The van der Waals surface area contributed by atoms with Crippen molar-refractivity contribution in [3.8, 4) is 0 Å². The standard InChI is InChI=1S/C15H23FN2/c1-12-5-4-8-17-15(12)11-18(2)10-13-6-3-7-14(16)9-13/h3,6-7,9,12,15,17H,4-5,8,10-11H2,1-2H3. The molecule has 2 atom stereocenters. The van der Waals surface area contributed by atoms with Crippen molar-refractivity contribution in [1.29, 1.82) is 0 Å². The molecular formula is C15H23FN2. The molecule has 18 heavy (non-hydrogen) atoms. The van der Waals surface area contributed by atoms with E-state index in [-0.39, 0.29) is 5.82 Å². The van der Waals surface area contributed by atoms with Gasteiger partial charge in [-0.2, -0.15) is 0 Å². The molecule has 0 aliphatic carbocycles. The maximum Gasteiger partial charge on any atom is 0.123 e. The zero-order valence-corrected chi connectivity index (χ0v) is 11.3. The van der Waals surface area contributed by atoms with Gasteiger partial charge in [-0.25, -0.2) is 4.39 Å². The third-order valence-electron chi connectivity index (χ3n) is 3.78. The van der Waals surface area contributed by atoms with Crippen LogP contribution in [-0.2, 0) is 6.54 Å². The highest BCUT2D eigenvalue weighted by Gasteiger charge is 2.21. The number of nitrogens with zero attached hydrogens (tertiary/aromatic N) is 1. The first-order valence-electron chi connectivity index (χ1n) is 6.81. The maximum atomic E-state index is 13.1. The third kappa shape index (κ3) is 3.79. The number of benzene rings is 1. The lowest BCUT2D eigenvalue weighted by atomic mass is 9.92. The Hall–Kier alpha value is -0.930. The molecule has 0 spiro atoms. The van der Waals surface area contributed by atoms with Gasteiger partial charge in [0.05, 0.1) is 0 Å². The Kier molecular flexibility index (Phi) is 4.72. The lowest BCUT2D eigenvalue weighted by Crippen LogP contribution is -2.46. The van der Waals surface area contributed by atoms with E-state index in [2.05, 4.69) is 24.2 Å². The molecule has 3 heteroatoms. The average Bonchev–Trinajstić information content (AvgIpc) is 2.32. The fourth-order valence-electron chi connectivity index (χ4n) is 2.71. The van der Waals surface area contributed by atoms with E-state index in [0.29, 0.717) is 6.04 Å². The van der Waals surface area contributed by atoms with E-state index in [9.17, 15) is 4.39 Å². The van der Waals surface area contributed by atoms with Crippen LogP contribution < -0.4 is 5.32 Å². The molecule has 1 N–H and O–H groups in total. The van der Waals surface area contributed by atoms with Crippen LogP contribution in [0.15, 0.2) is 24.3 Å². The highest BCUT2D eigenvalue weighted by Crippen LogP contribution is 2.17. The van der Waals surface area contributed by atoms with Gasteiger partial charge in [0.2, 0.25) is 0 Å². The summed E-state index contributed by atoms with van der Waals surface area (Å²) >= 11 is 0. The Labute approximate surface area is 109 Å². The summed E-state index contributed by atoms with van der Waals surface area (Å²) in [5, 5.41) is 3.58. The normalized spacial score (nSPS) is 24.4. The van der Waals surface area contributed by atoms with Crippen LogP contribution >= 0.6 is 0 Å². The molecule has 1 aromatic rings. The van der Waals surface area contributed by atoms with Crippen LogP contribution in [0.2, 0.25) is 0 Å². The molecule has 2 rings (SSSR count). The van der Waals surface area contributed by atoms with Gasteiger partial charge in [-0.1, -0.05) is 19.1 Å². The molecule has 1 fully saturated rings. The SMILES string of the molecule is CC1CCCNC1CN(C)Cc1cccc(F)c1. The molecule has 1 aromatic carbocycles. The smallest absolute Gasteiger partial charge is 0.123 e. The molecule has 0 bridgehead atoms. The van der Waals surface area contributed by atoms with Crippen LogP contribution in [0.5, 0.6) is 0 Å². The number of hydrogen-bond donors (Lipinski definition) is 1. The quantitative estimate of drug-likeness (QED) is 0.883. The molecule has 2 unspecified atom stereocenters. The van der Waals surface area contributed by atoms with Gasteiger partial charge in [0.25, 0.3) is 0 Å². The largest absolute Gasteiger partial charge is 0.312 e. The summed E-state index contributed by atoms with van der Waals surface area (Å²) in [6, 6.07) is 7.44. The molecule has 1 saturated heterocycles. The summed E-state index contributed by atoms with van der Waals surface area (Å²) in [7, 11) is 2.11. The van der Waals surface area contributed by atoms with Crippen LogP contribution in [-0.4, -0.2) is 31.1 Å². The lowest BCUT2D eigenvalue weighted by Gasteiger charge is -2.33. The zero-order chi connectivity index (χ0) is 13.0. The first-order chi connectivity index (χ1) is 8.65. The van der Waals surface area contributed by atoms with Crippen molar-refractivity contribution in [2.45, 2.75) is 32.4 Å². The molecule has 1 aliphatic heterocycles. The van der Waals surface area contributed by atoms with E-state index >= 15 is 0 Å². The topological polar surface area (TPSA) is 15.3 Å².